The largest absolute Gasteiger partial charge is 0.333 e. The van der Waals surface area contributed by atoms with Crippen LogP contribution in [0.25, 0.3) is 0 Å². The van der Waals surface area contributed by atoms with E-state index in [0.29, 0.717) is 18.8 Å². The van der Waals surface area contributed by atoms with E-state index in [1.54, 1.807) is 16.2 Å². The highest BCUT2D eigenvalue weighted by Crippen LogP contribution is 2.24. The van der Waals surface area contributed by atoms with Gasteiger partial charge in [-0.15, -0.1) is 11.3 Å². The first kappa shape index (κ1) is 19.3. The van der Waals surface area contributed by atoms with Gasteiger partial charge in [-0.3, -0.25) is 4.79 Å². The van der Waals surface area contributed by atoms with Crippen molar-refractivity contribution >= 4 is 38.8 Å². The molecule has 1 aliphatic rings. The second-order valence-electron chi connectivity index (χ2n) is 6.34. The van der Waals surface area contributed by atoms with Crippen molar-refractivity contribution in [2.75, 3.05) is 17.3 Å². The zero-order chi connectivity index (χ0) is 18.7. The van der Waals surface area contributed by atoms with Crippen molar-refractivity contribution in [3.05, 3.63) is 40.0 Å². The summed E-state index contributed by atoms with van der Waals surface area (Å²) in [5, 5.41) is 2.73. The molecule has 1 amide bonds. The third-order valence-corrected chi connectivity index (χ3v) is 7.67. The molecule has 1 saturated heterocycles. The first-order valence-electron chi connectivity index (χ1n) is 8.30. The zero-order valence-electron chi connectivity index (χ0n) is 14.7. The second kappa shape index (κ2) is 8.06. The molecule has 0 spiro atoms. The number of aryl methyl sites for hydroxylation is 2. The number of carbonyl (C=O) groups is 1. The Morgan fingerprint density at radius 1 is 1.38 bits per heavy atom. The summed E-state index contributed by atoms with van der Waals surface area (Å²) in [6.07, 6.45) is 0.510. The molecule has 2 aromatic rings. The third kappa shape index (κ3) is 5.05. The van der Waals surface area contributed by atoms with Crippen molar-refractivity contribution < 1.29 is 13.2 Å². The van der Waals surface area contributed by atoms with Crippen LogP contribution in [0.1, 0.15) is 22.8 Å². The molecule has 3 heterocycles. The van der Waals surface area contributed by atoms with Gasteiger partial charge in [-0.05, 0) is 37.8 Å². The lowest BCUT2D eigenvalue weighted by molar-refractivity contribution is -0.130. The molecule has 0 N–H and O–H groups in total. The van der Waals surface area contributed by atoms with Gasteiger partial charge in [0.05, 0.1) is 23.8 Å². The van der Waals surface area contributed by atoms with Gasteiger partial charge < -0.3 is 4.90 Å². The van der Waals surface area contributed by atoms with E-state index in [0.717, 1.165) is 15.6 Å². The zero-order valence-corrected chi connectivity index (χ0v) is 17.2. The number of thioether (sulfide) groups is 1. The van der Waals surface area contributed by atoms with Crippen LogP contribution in [-0.4, -0.2) is 52.5 Å². The van der Waals surface area contributed by atoms with Crippen LogP contribution < -0.4 is 0 Å². The first-order chi connectivity index (χ1) is 12.3. The number of aromatic nitrogens is 2. The van der Waals surface area contributed by atoms with Gasteiger partial charge in [0.2, 0.25) is 5.91 Å². The van der Waals surface area contributed by atoms with Gasteiger partial charge >= 0.3 is 0 Å². The van der Waals surface area contributed by atoms with Crippen LogP contribution in [0.2, 0.25) is 0 Å². The van der Waals surface area contributed by atoms with Crippen LogP contribution in [0.5, 0.6) is 0 Å². The molecule has 0 aromatic carbocycles. The molecule has 1 atom stereocenters. The summed E-state index contributed by atoms with van der Waals surface area (Å²) in [5.74, 6) is 1.07. The van der Waals surface area contributed by atoms with Crippen molar-refractivity contribution in [3.8, 4) is 0 Å². The molecule has 140 valence electrons. The molecule has 2 aromatic heterocycles. The minimum absolute atomic E-state index is 0.0561. The highest BCUT2D eigenvalue weighted by Gasteiger charge is 2.34. The number of sulfone groups is 1. The van der Waals surface area contributed by atoms with Crippen LogP contribution in [-0.2, 0) is 21.2 Å². The summed E-state index contributed by atoms with van der Waals surface area (Å²) in [5.41, 5.74) is 0.866. The lowest BCUT2D eigenvalue weighted by atomic mass is 10.2. The van der Waals surface area contributed by atoms with E-state index in [9.17, 15) is 13.2 Å². The average Bonchev–Trinajstić information content (AvgIpc) is 3.18. The fourth-order valence-corrected chi connectivity index (χ4v) is 6.31. The highest BCUT2D eigenvalue weighted by molar-refractivity contribution is 7.99. The molecule has 0 unspecified atom stereocenters. The first-order valence-corrected chi connectivity index (χ1v) is 12.0. The Morgan fingerprint density at radius 3 is 2.81 bits per heavy atom. The van der Waals surface area contributed by atoms with E-state index in [1.807, 2.05) is 37.4 Å². The molecule has 0 aliphatic carbocycles. The molecule has 1 fully saturated rings. The van der Waals surface area contributed by atoms with Gasteiger partial charge in [0, 0.05) is 16.6 Å². The smallest absolute Gasteiger partial charge is 0.233 e. The summed E-state index contributed by atoms with van der Waals surface area (Å²) in [4.78, 5) is 24.3. The lowest BCUT2D eigenvalue weighted by Crippen LogP contribution is -2.41. The average molecular weight is 412 g/mol. The number of thiophene rings is 1. The van der Waals surface area contributed by atoms with Crippen LogP contribution >= 0.6 is 23.1 Å². The maximum absolute atomic E-state index is 12.9. The standard InChI is InChI=1S/C17H21N3O3S3/c1-12-8-16(19-13(2)18-12)25-10-17(21)20(9-15-4-3-6-24-15)14-5-7-26(22,23)11-14/h3-4,6,8,14H,5,7,9-11H2,1-2H3/t14-/m1/s1. The summed E-state index contributed by atoms with van der Waals surface area (Å²) >= 11 is 2.94. The van der Waals surface area contributed by atoms with E-state index in [4.69, 9.17) is 0 Å². The van der Waals surface area contributed by atoms with Crippen molar-refractivity contribution in [1.82, 2.24) is 14.9 Å². The Kier molecular flexibility index (Phi) is 5.99. The van der Waals surface area contributed by atoms with E-state index >= 15 is 0 Å². The summed E-state index contributed by atoms with van der Waals surface area (Å²) < 4.78 is 23.7. The van der Waals surface area contributed by atoms with Gasteiger partial charge in [0.1, 0.15) is 10.9 Å². The number of carbonyl (C=O) groups excluding carboxylic acids is 1. The molecule has 0 radical (unpaired) electrons. The van der Waals surface area contributed by atoms with Crippen LogP contribution in [0.15, 0.2) is 28.6 Å². The maximum atomic E-state index is 12.9. The number of hydrogen-bond acceptors (Lipinski definition) is 7. The van der Waals surface area contributed by atoms with Gasteiger partial charge in [0.15, 0.2) is 9.84 Å². The summed E-state index contributed by atoms with van der Waals surface area (Å²) in [6, 6.07) is 5.52. The minimum Gasteiger partial charge on any atom is -0.333 e. The molecule has 0 saturated carbocycles. The number of hydrogen-bond donors (Lipinski definition) is 0. The number of nitrogens with zero attached hydrogens (tertiary/aromatic N) is 3. The molecule has 26 heavy (non-hydrogen) atoms. The third-order valence-electron chi connectivity index (χ3n) is 4.16. The predicted molar refractivity (Wildman–Crippen MR) is 104 cm³/mol. The lowest BCUT2D eigenvalue weighted by Gasteiger charge is -2.27. The van der Waals surface area contributed by atoms with Crippen molar-refractivity contribution in [3.63, 3.8) is 0 Å². The Hall–Kier alpha value is -1.45. The van der Waals surface area contributed by atoms with E-state index in [-0.39, 0.29) is 29.2 Å². The fourth-order valence-electron chi connectivity index (χ4n) is 2.99. The molecular formula is C17H21N3O3S3. The number of amides is 1. The fraction of sp³-hybridized carbons (Fsp3) is 0.471. The molecule has 3 rings (SSSR count). The van der Waals surface area contributed by atoms with Crippen LogP contribution in [0, 0.1) is 13.8 Å². The van der Waals surface area contributed by atoms with Crippen LogP contribution in [0.4, 0.5) is 0 Å². The topological polar surface area (TPSA) is 80.2 Å². The summed E-state index contributed by atoms with van der Waals surface area (Å²) in [7, 11) is -3.05. The quantitative estimate of drug-likeness (QED) is 0.537. The van der Waals surface area contributed by atoms with E-state index in [1.165, 1.54) is 11.8 Å². The van der Waals surface area contributed by atoms with Crippen molar-refractivity contribution in [2.24, 2.45) is 0 Å². The second-order valence-corrected chi connectivity index (χ2v) is 10.6. The minimum atomic E-state index is -3.05. The predicted octanol–water partition coefficient (Wildman–Crippen LogP) is 2.46. The van der Waals surface area contributed by atoms with Crippen molar-refractivity contribution in [2.45, 2.75) is 37.9 Å². The van der Waals surface area contributed by atoms with E-state index < -0.39 is 9.84 Å². The molecule has 6 nitrogen and oxygen atoms in total. The monoisotopic (exact) mass is 411 g/mol. The van der Waals surface area contributed by atoms with Gasteiger partial charge in [-0.2, -0.15) is 0 Å². The molecule has 9 heteroatoms. The normalized spacial score (nSPS) is 18.8. The molecule has 0 bridgehead atoms. The van der Waals surface area contributed by atoms with Crippen molar-refractivity contribution in [1.29, 1.82) is 0 Å². The number of rotatable bonds is 6. The highest BCUT2D eigenvalue weighted by atomic mass is 32.2. The van der Waals surface area contributed by atoms with Gasteiger partial charge in [0.25, 0.3) is 0 Å². The summed E-state index contributed by atoms with van der Waals surface area (Å²) in [6.45, 7) is 4.18. The SMILES string of the molecule is Cc1cc(SCC(=O)N(Cc2cccs2)[C@@H]2CCS(=O)(=O)C2)nc(C)n1. The Balaban J connectivity index is 1.71. The Labute approximate surface area is 162 Å². The molecule has 1 aliphatic heterocycles. The maximum Gasteiger partial charge on any atom is 0.233 e. The Bertz CT molecular complexity index is 862. The van der Waals surface area contributed by atoms with Gasteiger partial charge in [-0.25, -0.2) is 18.4 Å². The van der Waals surface area contributed by atoms with Crippen LogP contribution in [0.3, 0.4) is 0 Å². The Morgan fingerprint density at radius 2 is 2.19 bits per heavy atom. The van der Waals surface area contributed by atoms with E-state index in [2.05, 4.69) is 9.97 Å². The van der Waals surface area contributed by atoms with Gasteiger partial charge in [-0.1, -0.05) is 17.8 Å². The molecular weight excluding hydrogens is 390 g/mol.